The molecule has 0 spiro atoms. The minimum Gasteiger partial charge on any atom is -0.493 e. The molecule has 0 bridgehead atoms. The summed E-state index contributed by atoms with van der Waals surface area (Å²) in [5, 5.41) is 0. The van der Waals surface area contributed by atoms with Gasteiger partial charge in [-0.2, -0.15) is 0 Å². The molecule has 1 fully saturated rings. The predicted molar refractivity (Wildman–Crippen MR) is 117 cm³/mol. The van der Waals surface area contributed by atoms with E-state index < -0.39 is 6.10 Å². The van der Waals surface area contributed by atoms with Crippen LogP contribution in [0.3, 0.4) is 0 Å². The Morgan fingerprint density at radius 3 is 2.07 bits per heavy atom. The number of morpholine rings is 1. The zero-order valence-corrected chi connectivity index (χ0v) is 17.8. The molecule has 0 radical (unpaired) electrons. The summed E-state index contributed by atoms with van der Waals surface area (Å²) in [6.45, 7) is 6.17. The van der Waals surface area contributed by atoms with Crippen LogP contribution >= 0.6 is 0 Å². The van der Waals surface area contributed by atoms with E-state index in [1.54, 1.807) is 14.0 Å². The largest absolute Gasteiger partial charge is 0.493 e. The summed E-state index contributed by atoms with van der Waals surface area (Å²) < 4.78 is 22.2. The van der Waals surface area contributed by atoms with Crippen LogP contribution < -0.4 is 14.4 Å². The third-order valence-corrected chi connectivity index (χ3v) is 5.12. The number of methoxy groups -OCH3 is 1. The van der Waals surface area contributed by atoms with Gasteiger partial charge in [0.1, 0.15) is 17.6 Å². The van der Waals surface area contributed by atoms with E-state index in [4.69, 9.17) is 18.9 Å². The zero-order valence-electron chi connectivity index (χ0n) is 17.8. The maximum absolute atomic E-state index is 11.5. The fourth-order valence-corrected chi connectivity index (χ4v) is 3.34. The molecule has 6 nitrogen and oxygen atoms in total. The highest BCUT2D eigenvalue weighted by atomic mass is 16.5. The summed E-state index contributed by atoms with van der Waals surface area (Å²) >= 11 is 0. The van der Waals surface area contributed by atoms with Crippen molar-refractivity contribution in [2.24, 2.45) is 0 Å². The van der Waals surface area contributed by atoms with E-state index in [-0.39, 0.29) is 5.78 Å². The predicted octanol–water partition coefficient (Wildman–Crippen LogP) is 3.52. The molecule has 1 saturated heterocycles. The van der Waals surface area contributed by atoms with E-state index in [1.807, 2.05) is 36.4 Å². The molecular weight excluding hydrogens is 382 g/mol. The van der Waals surface area contributed by atoms with E-state index in [0.29, 0.717) is 19.6 Å². The molecule has 2 aromatic rings. The van der Waals surface area contributed by atoms with Crippen LogP contribution in [0.4, 0.5) is 5.69 Å². The minimum absolute atomic E-state index is 0.0357. The monoisotopic (exact) mass is 413 g/mol. The maximum Gasteiger partial charge on any atom is 0.158 e. The molecule has 1 aliphatic rings. The van der Waals surface area contributed by atoms with Crippen molar-refractivity contribution in [2.45, 2.75) is 25.9 Å². The van der Waals surface area contributed by atoms with Gasteiger partial charge in [-0.25, -0.2) is 0 Å². The average molecular weight is 414 g/mol. The van der Waals surface area contributed by atoms with Gasteiger partial charge in [-0.3, -0.25) is 4.79 Å². The molecule has 3 rings (SSSR count). The highest BCUT2D eigenvalue weighted by Crippen LogP contribution is 2.20. The highest BCUT2D eigenvalue weighted by molar-refractivity contribution is 5.80. The number of Topliss-reactive ketones (excluding diaryl/α,β-unsaturated/α-hetero) is 1. The number of rotatable bonds is 11. The third kappa shape index (κ3) is 6.75. The van der Waals surface area contributed by atoms with Crippen LogP contribution in [0, 0.1) is 0 Å². The van der Waals surface area contributed by atoms with Gasteiger partial charge in [0.05, 0.1) is 26.4 Å². The van der Waals surface area contributed by atoms with Gasteiger partial charge in [0.2, 0.25) is 0 Å². The van der Waals surface area contributed by atoms with Crippen molar-refractivity contribution in [1.29, 1.82) is 0 Å². The molecule has 0 aliphatic carbocycles. The van der Waals surface area contributed by atoms with Gasteiger partial charge in [-0.15, -0.1) is 0 Å². The first-order valence-electron chi connectivity index (χ1n) is 10.5. The number of nitrogens with zero attached hydrogens (tertiary/aromatic N) is 1. The van der Waals surface area contributed by atoms with Gasteiger partial charge in [0, 0.05) is 38.7 Å². The lowest BCUT2D eigenvalue weighted by Crippen LogP contribution is -2.36. The molecular formula is C24H31NO5. The number of carbonyl (C=O) groups excluding carboxylic acids is 1. The van der Waals surface area contributed by atoms with E-state index >= 15 is 0 Å². The van der Waals surface area contributed by atoms with Gasteiger partial charge in [0.15, 0.2) is 5.78 Å². The Hall–Kier alpha value is -2.57. The summed E-state index contributed by atoms with van der Waals surface area (Å²) in [4.78, 5) is 13.8. The molecule has 0 N–H and O–H groups in total. The van der Waals surface area contributed by atoms with Crippen LogP contribution in [-0.2, 0) is 20.7 Å². The van der Waals surface area contributed by atoms with Gasteiger partial charge in [-0.1, -0.05) is 12.1 Å². The number of ketones is 1. The molecule has 1 aliphatic heterocycles. The fourth-order valence-electron chi connectivity index (χ4n) is 3.34. The summed E-state index contributed by atoms with van der Waals surface area (Å²) in [6.07, 6.45) is 0.977. The standard InChI is InChI=1S/C24H31NO5/c1-19(26)24(27-2)18-20-4-8-22(9-5-20)29-14-3-15-30-23-10-6-21(7-11-23)25-12-16-28-17-13-25/h4-11,24H,3,12-18H2,1-2H3/t24-/m0/s1. The molecule has 0 unspecified atom stereocenters. The van der Waals surface area contributed by atoms with Crippen molar-refractivity contribution in [3.63, 3.8) is 0 Å². The number of hydrogen-bond acceptors (Lipinski definition) is 6. The smallest absolute Gasteiger partial charge is 0.158 e. The fraction of sp³-hybridized carbons (Fsp3) is 0.458. The Kier molecular flexibility index (Phi) is 8.53. The van der Waals surface area contributed by atoms with Crippen LogP contribution in [-0.4, -0.2) is 58.5 Å². The lowest BCUT2D eigenvalue weighted by atomic mass is 10.1. The highest BCUT2D eigenvalue weighted by Gasteiger charge is 2.13. The Morgan fingerprint density at radius 1 is 0.967 bits per heavy atom. The van der Waals surface area contributed by atoms with Crippen molar-refractivity contribution in [1.82, 2.24) is 0 Å². The van der Waals surface area contributed by atoms with E-state index in [0.717, 1.165) is 49.8 Å². The number of carbonyl (C=O) groups is 1. The van der Waals surface area contributed by atoms with Crippen LogP contribution in [0.15, 0.2) is 48.5 Å². The number of hydrogen-bond donors (Lipinski definition) is 0. The zero-order chi connectivity index (χ0) is 21.2. The van der Waals surface area contributed by atoms with Crippen molar-refractivity contribution in [3.8, 4) is 11.5 Å². The molecule has 0 amide bonds. The second-order valence-corrected chi connectivity index (χ2v) is 7.33. The van der Waals surface area contributed by atoms with Crippen molar-refractivity contribution < 1.29 is 23.7 Å². The number of anilines is 1. The summed E-state index contributed by atoms with van der Waals surface area (Å²) in [6, 6.07) is 16.0. The average Bonchev–Trinajstić information content (AvgIpc) is 2.79. The maximum atomic E-state index is 11.5. The lowest BCUT2D eigenvalue weighted by Gasteiger charge is -2.28. The summed E-state index contributed by atoms with van der Waals surface area (Å²) in [5.41, 5.74) is 2.26. The topological polar surface area (TPSA) is 57.2 Å². The Bertz CT molecular complexity index is 769. The van der Waals surface area contributed by atoms with E-state index in [2.05, 4.69) is 17.0 Å². The first-order chi connectivity index (χ1) is 14.7. The quantitative estimate of drug-likeness (QED) is 0.526. The SMILES string of the molecule is CO[C@@H](Cc1ccc(OCCCOc2ccc(N3CCOCC3)cc2)cc1)C(C)=O. The van der Waals surface area contributed by atoms with Crippen LogP contribution in [0.25, 0.3) is 0 Å². The number of benzene rings is 2. The van der Waals surface area contributed by atoms with Gasteiger partial charge in [-0.05, 0) is 48.9 Å². The van der Waals surface area contributed by atoms with Crippen molar-refractivity contribution in [3.05, 3.63) is 54.1 Å². The molecule has 30 heavy (non-hydrogen) atoms. The molecule has 6 heteroatoms. The first-order valence-corrected chi connectivity index (χ1v) is 10.5. The number of ether oxygens (including phenoxy) is 4. The minimum atomic E-state index is -0.392. The molecule has 2 aromatic carbocycles. The Labute approximate surface area is 178 Å². The third-order valence-electron chi connectivity index (χ3n) is 5.12. The lowest BCUT2D eigenvalue weighted by molar-refractivity contribution is -0.126. The van der Waals surface area contributed by atoms with Gasteiger partial charge >= 0.3 is 0 Å². The van der Waals surface area contributed by atoms with Crippen LogP contribution in [0.5, 0.6) is 11.5 Å². The first kappa shape index (κ1) is 22.1. The molecule has 1 heterocycles. The molecule has 0 saturated carbocycles. The van der Waals surface area contributed by atoms with Crippen LogP contribution in [0.2, 0.25) is 0 Å². The van der Waals surface area contributed by atoms with E-state index in [1.165, 1.54) is 5.69 Å². The molecule has 0 aromatic heterocycles. The van der Waals surface area contributed by atoms with Gasteiger partial charge < -0.3 is 23.8 Å². The summed E-state index contributed by atoms with van der Waals surface area (Å²) in [7, 11) is 1.56. The molecule has 162 valence electrons. The second kappa shape index (κ2) is 11.6. The van der Waals surface area contributed by atoms with Crippen LogP contribution in [0.1, 0.15) is 18.9 Å². The van der Waals surface area contributed by atoms with Crippen molar-refractivity contribution >= 4 is 11.5 Å². The Balaban J connectivity index is 1.34. The molecule has 1 atom stereocenters. The summed E-state index contributed by atoms with van der Waals surface area (Å²) in [5.74, 6) is 1.72. The van der Waals surface area contributed by atoms with Crippen molar-refractivity contribution in [2.75, 3.05) is 51.5 Å². The second-order valence-electron chi connectivity index (χ2n) is 7.33. The Morgan fingerprint density at radius 2 is 1.53 bits per heavy atom. The van der Waals surface area contributed by atoms with Gasteiger partial charge in [0.25, 0.3) is 0 Å². The van der Waals surface area contributed by atoms with E-state index in [9.17, 15) is 4.79 Å². The normalized spacial score (nSPS) is 14.9.